The molecule has 1 amide bonds. The van der Waals surface area contributed by atoms with Crippen LogP contribution in [0.15, 0.2) is 76.2 Å². The predicted octanol–water partition coefficient (Wildman–Crippen LogP) is 3.64. The molecule has 3 heterocycles. The topological polar surface area (TPSA) is 107 Å². The van der Waals surface area contributed by atoms with Gasteiger partial charge in [0.1, 0.15) is 12.4 Å². The summed E-state index contributed by atoms with van der Waals surface area (Å²) in [6.45, 7) is -0.411. The van der Waals surface area contributed by atoms with E-state index in [0.717, 1.165) is 16.3 Å². The Hall–Kier alpha value is -4.31. The second-order valence-corrected chi connectivity index (χ2v) is 7.42. The van der Waals surface area contributed by atoms with Crippen LogP contribution in [0.1, 0.15) is 0 Å². The highest BCUT2D eigenvalue weighted by molar-refractivity contribution is 6.33. The van der Waals surface area contributed by atoms with Gasteiger partial charge in [-0.25, -0.2) is 18.3 Å². The van der Waals surface area contributed by atoms with Crippen molar-refractivity contribution in [2.24, 2.45) is 0 Å². The van der Waals surface area contributed by atoms with E-state index in [1.807, 2.05) is 30.3 Å². The second-order valence-electron chi connectivity index (χ2n) is 7.02. The lowest BCUT2D eigenvalue weighted by molar-refractivity contribution is -0.117. The number of nitrogens with zero attached hydrogens (tertiary/aromatic N) is 5. The average molecular weight is 465 g/mol. The van der Waals surface area contributed by atoms with Crippen LogP contribution >= 0.6 is 11.6 Å². The van der Waals surface area contributed by atoms with E-state index in [-0.39, 0.29) is 22.2 Å². The summed E-state index contributed by atoms with van der Waals surface area (Å²) in [7, 11) is 0. The summed E-state index contributed by atoms with van der Waals surface area (Å²) in [5.41, 5.74) is 0.989. The van der Waals surface area contributed by atoms with Gasteiger partial charge in [-0.05, 0) is 30.3 Å². The summed E-state index contributed by atoms with van der Waals surface area (Å²) < 4.78 is 21.1. The normalized spacial score (nSPS) is 11.1. The number of anilines is 1. The number of carbonyl (C=O) groups excluding carboxylic acids is 1. The molecule has 5 aromatic rings. The van der Waals surface area contributed by atoms with Crippen LogP contribution in [0.2, 0.25) is 5.02 Å². The lowest BCUT2D eigenvalue weighted by Gasteiger charge is -2.06. The first kappa shape index (κ1) is 20.6. The van der Waals surface area contributed by atoms with Gasteiger partial charge >= 0.3 is 5.69 Å². The van der Waals surface area contributed by atoms with Gasteiger partial charge in [-0.15, -0.1) is 5.10 Å². The molecule has 0 radical (unpaired) electrons. The van der Waals surface area contributed by atoms with Crippen LogP contribution in [0.4, 0.5) is 10.1 Å². The van der Waals surface area contributed by atoms with E-state index in [4.69, 9.17) is 16.1 Å². The predicted molar refractivity (Wildman–Crippen MR) is 118 cm³/mol. The van der Waals surface area contributed by atoms with Crippen molar-refractivity contribution in [3.05, 3.63) is 88.2 Å². The standard InChI is InChI=1S/C22H14ClFN6O3/c23-16-9-8-14(24)11-17(16)25-18(31)12-30-22(32)29-10-4-7-15(20(29)27-30)21-26-19(28-33-21)13-5-2-1-3-6-13/h1-11H,12H2,(H,25,31). The van der Waals surface area contributed by atoms with E-state index in [1.165, 1.54) is 22.7 Å². The van der Waals surface area contributed by atoms with Crippen LogP contribution in [0.25, 0.3) is 28.5 Å². The molecule has 0 aliphatic rings. The van der Waals surface area contributed by atoms with Gasteiger partial charge in [-0.3, -0.25) is 4.79 Å². The van der Waals surface area contributed by atoms with E-state index < -0.39 is 24.0 Å². The lowest BCUT2D eigenvalue weighted by Crippen LogP contribution is -2.28. The number of hydrogen-bond donors (Lipinski definition) is 1. The molecule has 0 saturated heterocycles. The maximum absolute atomic E-state index is 13.4. The molecule has 0 saturated carbocycles. The first-order chi connectivity index (χ1) is 16.0. The molecule has 0 aliphatic heterocycles. The molecule has 0 unspecified atom stereocenters. The minimum Gasteiger partial charge on any atom is -0.333 e. The third kappa shape index (κ3) is 3.99. The van der Waals surface area contributed by atoms with Gasteiger partial charge in [0.05, 0.1) is 16.3 Å². The van der Waals surface area contributed by atoms with Crippen LogP contribution in [-0.4, -0.2) is 30.2 Å². The Morgan fingerprint density at radius 3 is 2.76 bits per heavy atom. The molecule has 0 spiro atoms. The van der Waals surface area contributed by atoms with E-state index in [9.17, 15) is 14.0 Å². The lowest BCUT2D eigenvalue weighted by atomic mass is 10.2. The number of benzene rings is 2. The number of hydrogen-bond acceptors (Lipinski definition) is 6. The fraction of sp³-hybridized carbons (Fsp3) is 0.0455. The van der Waals surface area contributed by atoms with Gasteiger partial charge in [-0.1, -0.05) is 47.1 Å². The molecule has 2 aromatic carbocycles. The maximum atomic E-state index is 13.4. The van der Waals surface area contributed by atoms with Gasteiger partial charge in [0.2, 0.25) is 11.7 Å². The Morgan fingerprint density at radius 1 is 1.12 bits per heavy atom. The molecule has 9 nitrogen and oxygen atoms in total. The van der Waals surface area contributed by atoms with Crippen LogP contribution in [-0.2, 0) is 11.3 Å². The van der Waals surface area contributed by atoms with Crippen molar-refractivity contribution in [1.82, 2.24) is 24.3 Å². The summed E-state index contributed by atoms with van der Waals surface area (Å²) in [5.74, 6) is -0.592. The molecule has 5 rings (SSSR count). The van der Waals surface area contributed by atoms with E-state index >= 15 is 0 Å². The maximum Gasteiger partial charge on any atom is 0.350 e. The number of amides is 1. The zero-order valence-electron chi connectivity index (χ0n) is 16.8. The van der Waals surface area contributed by atoms with Gasteiger partial charge < -0.3 is 9.84 Å². The first-order valence-corrected chi connectivity index (χ1v) is 10.1. The molecule has 0 atom stereocenters. The summed E-state index contributed by atoms with van der Waals surface area (Å²) in [6.07, 6.45) is 1.51. The number of carbonyl (C=O) groups is 1. The average Bonchev–Trinajstić information content (AvgIpc) is 3.42. The summed E-state index contributed by atoms with van der Waals surface area (Å²) >= 11 is 5.98. The van der Waals surface area contributed by atoms with Crippen molar-refractivity contribution >= 4 is 28.8 Å². The van der Waals surface area contributed by atoms with Crippen molar-refractivity contribution in [3.8, 4) is 22.8 Å². The molecule has 0 bridgehead atoms. The number of nitrogens with one attached hydrogen (secondary N) is 1. The van der Waals surface area contributed by atoms with Crippen LogP contribution in [0, 0.1) is 5.82 Å². The molecule has 0 fully saturated rings. The number of halogens is 2. The van der Waals surface area contributed by atoms with Crippen LogP contribution in [0.3, 0.4) is 0 Å². The molecule has 3 aromatic heterocycles. The SMILES string of the molecule is O=C(Cn1nc2c(-c3nc(-c4ccccc4)no3)cccn2c1=O)Nc1cc(F)ccc1Cl. The molecular formula is C22H14ClFN6O3. The monoisotopic (exact) mass is 464 g/mol. The van der Waals surface area contributed by atoms with Crippen LogP contribution in [0.5, 0.6) is 0 Å². The molecule has 164 valence electrons. The summed E-state index contributed by atoms with van der Waals surface area (Å²) in [4.78, 5) is 29.6. The van der Waals surface area contributed by atoms with Crippen molar-refractivity contribution < 1.29 is 13.7 Å². The molecule has 11 heteroatoms. The Kier molecular flexibility index (Phi) is 5.19. The third-order valence-corrected chi connectivity index (χ3v) is 5.12. The van der Waals surface area contributed by atoms with Gasteiger partial charge in [-0.2, -0.15) is 4.98 Å². The van der Waals surface area contributed by atoms with Crippen molar-refractivity contribution in [2.75, 3.05) is 5.32 Å². The van der Waals surface area contributed by atoms with E-state index in [0.29, 0.717) is 11.4 Å². The minimum atomic E-state index is -0.598. The third-order valence-electron chi connectivity index (χ3n) is 4.79. The number of aromatic nitrogens is 5. The van der Waals surface area contributed by atoms with Crippen molar-refractivity contribution in [3.63, 3.8) is 0 Å². The number of fused-ring (bicyclic) bond motifs is 1. The van der Waals surface area contributed by atoms with Crippen LogP contribution < -0.4 is 11.0 Å². The molecule has 33 heavy (non-hydrogen) atoms. The highest BCUT2D eigenvalue weighted by atomic mass is 35.5. The van der Waals surface area contributed by atoms with E-state index in [2.05, 4.69) is 20.6 Å². The Labute approximate surface area is 190 Å². The Balaban J connectivity index is 1.46. The highest BCUT2D eigenvalue weighted by Gasteiger charge is 2.19. The van der Waals surface area contributed by atoms with E-state index in [1.54, 1.807) is 12.1 Å². The molecule has 1 N–H and O–H groups in total. The largest absolute Gasteiger partial charge is 0.350 e. The van der Waals surface area contributed by atoms with Crippen molar-refractivity contribution in [1.29, 1.82) is 0 Å². The smallest absolute Gasteiger partial charge is 0.333 e. The first-order valence-electron chi connectivity index (χ1n) is 9.72. The summed E-state index contributed by atoms with van der Waals surface area (Å²) in [5, 5.41) is 10.9. The fourth-order valence-corrected chi connectivity index (χ4v) is 3.43. The Bertz CT molecular complexity index is 1540. The summed E-state index contributed by atoms with van der Waals surface area (Å²) in [6, 6.07) is 16.2. The van der Waals surface area contributed by atoms with Crippen molar-refractivity contribution in [2.45, 2.75) is 6.54 Å². The van der Waals surface area contributed by atoms with Gasteiger partial charge in [0.15, 0.2) is 5.65 Å². The molecular weight excluding hydrogens is 451 g/mol. The Morgan fingerprint density at radius 2 is 1.94 bits per heavy atom. The van der Waals surface area contributed by atoms with Gasteiger partial charge in [0.25, 0.3) is 5.89 Å². The van der Waals surface area contributed by atoms with Gasteiger partial charge in [0, 0.05) is 11.8 Å². The number of pyridine rings is 1. The molecule has 0 aliphatic carbocycles. The fourth-order valence-electron chi connectivity index (χ4n) is 3.26. The zero-order chi connectivity index (χ0) is 22.9. The zero-order valence-corrected chi connectivity index (χ0v) is 17.5. The number of rotatable bonds is 5. The highest BCUT2D eigenvalue weighted by Crippen LogP contribution is 2.25. The second kappa shape index (κ2) is 8.32. The quantitative estimate of drug-likeness (QED) is 0.425. The minimum absolute atomic E-state index is 0.0958.